The first kappa shape index (κ1) is 19.4. The summed E-state index contributed by atoms with van der Waals surface area (Å²) >= 11 is 6.27. The van der Waals surface area contributed by atoms with Crippen molar-refractivity contribution in [1.29, 1.82) is 0 Å². The monoisotopic (exact) mass is 405 g/mol. The molecule has 0 saturated carbocycles. The molecule has 4 rings (SSSR count). The van der Waals surface area contributed by atoms with Crippen molar-refractivity contribution in [2.75, 3.05) is 5.32 Å². The lowest BCUT2D eigenvalue weighted by atomic mass is 9.76. The smallest absolute Gasteiger partial charge is 0.250 e. The molecular formula is C20H24ClN3O4. The average Bonchev–Trinajstić information content (AvgIpc) is 3.21. The third-order valence-corrected chi connectivity index (χ3v) is 6.72. The molecule has 1 aromatic carbocycles. The largest absolute Gasteiger partial charge is 0.392 e. The number of hydrogen-bond donors (Lipinski definition) is 3. The Kier molecular flexibility index (Phi) is 4.34. The van der Waals surface area contributed by atoms with Crippen LogP contribution in [0.25, 0.3) is 0 Å². The molecule has 3 aliphatic rings. The minimum absolute atomic E-state index is 0.276. The van der Waals surface area contributed by atoms with E-state index < -0.39 is 35.4 Å². The third kappa shape index (κ3) is 2.27. The Labute approximate surface area is 168 Å². The van der Waals surface area contributed by atoms with Gasteiger partial charge in [-0.1, -0.05) is 18.5 Å². The third-order valence-electron chi connectivity index (χ3n) is 6.51. The first-order chi connectivity index (χ1) is 13.1. The number of aliphatic hydroxyl groups excluding tert-OH is 1. The lowest BCUT2D eigenvalue weighted by molar-refractivity contribution is -0.145. The Morgan fingerprint density at radius 3 is 2.54 bits per heavy atom. The fourth-order valence-corrected chi connectivity index (χ4v) is 5.29. The molecular weight excluding hydrogens is 382 g/mol. The van der Waals surface area contributed by atoms with Gasteiger partial charge in [-0.15, -0.1) is 0 Å². The van der Waals surface area contributed by atoms with E-state index in [1.165, 1.54) is 4.90 Å². The van der Waals surface area contributed by atoms with E-state index in [2.05, 4.69) is 10.6 Å². The summed E-state index contributed by atoms with van der Waals surface area (Å²) in [6, 6.07) is 2.42. The van der Waals surface area contributed by atoms with Crippen LogP contribution in [0.2, 0.25) is 5.02 Å². The molecule has 28 heavy (non-hydrogen) atoms. The summed E-state index contributed by atoms with van der Waals surface area (Å²) in [6.45, 7) is 7.11. The van der Waals surface area contributed by atoms with Gasteiger partial charge in [0, 0.05) is 28.4 Å². The van der Waals surface area contributed by atoms with Gasteiger partial charge in [0.25, 0.3) is 0 Å². The Morgan fingerprint density at radius 2 is 1.93 bits per heavy atom. The molecule has 7 nitrogen and oxygen atoms in total. The van der Waals surface area contributed by atoms with Gasteiger partial charge in [-0.05, 0) is 44.9 Å². The molecule has 0 aromatic heterocycles. The summed E-state index contributed by atoms with van der Waals surface area (Å²) in [6.07, 6.45) is -0.303. The van der Waals surface area contributed by atoms with E-state index in [1.54, 1.807) is 19.1 Å². The molecule has 0 aliphatic carbocycles. The minimum Gasteiger partial charge on any atom is -0.392 e. The number of rotatable bonds is 3. The second-order valence-corrected chi connectivity index (χ2v) is 8.56. The molecule has 0 radical (unpaired) electrons. The van der Waals surface area contributed by atoms with Gasteiger partial charge in [0.05, 0.1) is 17.9 Å². The molecule has 3 aliphatic heterocycles. The molecule has 2 fully saturated rings. The first-order valence-corrected chi connectivity index (χ1v) is 9.97. The van der Waals surface area contributed by atoms with Gasteiger partial charge in [0.1, 0.15) is 5.54 Å². The predicted octanol–water partition coefficient (Wildman–Crippen LogP) is 1.55. The van der Waals surface area contributed by atoms with Gasteiger partial charge in [-0.25, -0.2) is 0 Å². The number of nitrogens with one attached hydrogen (secondary N) is 2. The summed E-state index contributed by atoms with van der Waals surface area (Å²) in [5.41, 5.74) is 0.524. The highest BCUT2D eigenvalue weighted by molar-refractivity contribution is 6.31. The summed E-state index contributed by atoms with van der Waals surface area (Å²) in [4.78, 5) is 41.1. The van der Waals surface area contributed by atoms with Crippen LogP contribution in [0.5, 0.6) is 0 Å². The summed E-state index contributed by atoms with van der Waals surface area (Å²) < 4.78 is 0. The van der Waals surface area contributed by atoms with Crippen LogP contribution in [0.15, 0.2) is 12.1 Å². The van der Waals surface area contributed by atoms with Crippen LogP contribution < -0.4 is 10.6 Å². The molecule has 1 aromatic rings. The molecule has 3 heterocycles. The van der Waals surface area contributed by atoms with Crippen LogP contribution in [-0.4, -0.2) is 45.9 Å². The topological polar surface area (TPSA) is 98.7 Å². The molecule has 3 amide bonds. The van der Waals surface area contributed by atoms with Gasteiger partial charge in [0.2, 0.25) is 17.7 Å². The Bertz CT molecular complexity index is 902. The van der Waals surface area contributed by atoms with Crippen molar-refractivity contribution < 1.29 is 19.5 Å². The highest BCUT2D eigenvalue weighted by Crippen LogP contribution is 2.54. The number of carbonyl (C=O) groups is 3. The van der Waals surface area contributed by atoms with Crippen molar-refractivity contribution in [3.05, 3.63) is 28.3 Å². The summed E-state index contributed by atoms with van der Waals surface area (Å²) in [7, 11) is 0. The van der Waals surface area contributed by atoms with Gasteiger partial charge < -0.3 is 10.4 Å². The second kappa shape index (κ2) is 6.27. The Hall–Kier alpha value is -1.96. The fourth-order valence-electron chi connectivity index (χ4n) is 5.02. The predicted molar refractivity (Wildman–Crippen MR) is 104 cm³/mol. The van der Waals surface area contributed by atoms with E-state index in [4.69, 9.17) is 11.6 Å². The molecule has 3 N–H and O–H groups in total. The number of halogens is 1. The number of nitrogens with zero attached hydrogens (tertiary/aromatic N) is 1. The molecule has 0 bridgehead atoms. The number of aliphatic hydroxyl groups is 1. The van der Waals surface area contributed by atoms with Crippen molar-refractivity contribution in [3.63, 3.8) is 0 Å². The van der Waals surface area contributed by atoms with Crippen molar-refractivity contribution in [3.8, 4) is 0 Å². The minimum atomic E-state index is -1.42. The highest BCUT2D eigenvalue weighted by Gasteiger charge is 2.71. The van der Waals surface area contributed by atoms with Crippen LogP contribution in [0.1, 0.15) is 38.3 Å². The molecule has 2 saturated heterocycles. The van der Waals surface area contributed by atoms with Crippen LogP contribution in [0.4, 0.5) is 5.69 Å². The lowest BCUT2D eigenvalue weighted by Gasteiger charge is -2.31. The maximum atomic E-state index is 13.4. The van der Waals surface area contributed by atoms with E-state index in [1.807, 2.05) is 20.8 Å². The zero-order chi connectivity index (χ0) is 20.5. The highest BCUT2D eigenvalue weighted by atomic mass is 35.5. The van der Waals surface area contributed by atoms with Crippen molar-refractivity contribution in [1.82, 2.24) is 10.2 Å². The average molecular weight is 406 g/mol. The van der Waals surface area contributed by atoms with Crippen molar-refractivity contribution in [2.24, 2.45) is 11.8 Å². The Morgan fingerprint density at radius 1 is 1.25 bits per heavy atom. The maximum absolute atomic E-state index is 13.4. The number of anilines is 1. The van der Waals surface area contributed by atoms with E-state index >= 15 is 0 Å². The number of fused-ring (bicyclic) bond motifs is 4. The first-order valence-electron chi connectivity index (χ1n) is 9.59. The zero-order valence-corrected chi connectivity index (χ0v) is 17.0. The molecule has 6 atom stereocenters. The fraction of sp³-hybridized carbons (Fsp3) is 0.550. The zero-order valence-electron chi connectivity index (χ0n) is 16.2. The number of carbonyl (C=O) groups excluding carboxylic acids is 3. The SMILES string of the molecule is CCC(C)N1C(=O)C2C(C(C)O)NC3(C(=O)Nc4c(C)cc(Cl)cc43)C2C1=O. The van der Waals surface area contributed by atoms with E-state index in [9.17, 15) is 19.5 Å². The number of imide groups is 1. The second-order valence-electron chi connectivity index (χ2n) is 8.13. The summed E-state index contributed by atoms with van der Waals surface area (Å²) in [5, 5.41) is 16.9. The van der Waals surface area contributed by atoms with Gasteiger partial charge in [-0.2, -0.15) is 0 Å². The van der Waals surface area contributed by atoms with E-state index in [-0.39, 0.29) is 17.9 Å². The summed E-state index contributed by atoms with van der Waals surface area (Å²) in [5.74, 6) is -2.83. The maximum Gasteiger partial charge on any atom is 0.250 e. The van der Waals surface area contributed by atoms with Gasteiger partial charge in [0.15, 0.2) is 0 Å². The quantitative estimate of drug-likeness (QED) is 0.663. The standard InChI is InChI=1S/C20H24ClN3O4/c1-5-9(3)24-17(26)13-14(18(24)27)20(23-16(13)10(4)25)12-7-11(21)6-8(2)15(12)22-19(20)28/h6-7,9-10,13-14,16,23,25H,5H2,1-4H3,(H,22,28). The number of hydrogen-bond acceptors (Lipinski definition) is 5. The van der Waals surface area contributed by atoms with E-state index in [0.717, 1.165) is 5.56 Å². The van der Waals surface area contributed by atoms with Crippen LogP contribution in [0, 0.1) is 18.8 Å². The van der Waals surface area contributed by atoms with Gasteiger partial charge in [-0.3, -0.25) is 24.6 Å². The number of benzene rings is 1. The van der Waals surface area contributed by atoms with Crippen molar-refractivity contribution >= 4 is 35.0 Å². The van der Waals surface area contributed by atoms with Crippen molar-refractivity contribution in [2.45, 2.75) is 57.8 Å². The molecule has 150 valence electrons. The van der Waals surface area contributed by atoms with E-state index in [0.29, 0.717) is 22.7 Å². The van der Waals surface area contributed by atoms with Crippen LogP contribution in [-0.2, 0) is 19.9 Å². The Balaban J connectivity index is 1.94. The molecule has 6 unspecified atom stereocenters. The normalized spacial score (nSPS) is 33.3. The number of amides is 3. The lowest BCUT2D eigenvalue weighted by Crippen LogP contribution is -2.55. The number of likely N-dealkylation sites (tertiary alicyclic amines) is 1. The number of aryl methyl sites for hydroxylation is 1. The molecule has 8 heteroatoms. The van der Waals surface area contributed by atoms with Crippen LogP contribution >= 0.6 is 11.6 Å². The molecule has 1 spiro atoms. The van der Waals surface area contributed by atoms with Crippen LogP contribution in [0.3, 0.4) is 0 Å². The van der Waals surface area contributed by atoms with Gasteiger partial charge >= 0.3 is 0 Å².